The highest BCUT2D eigenvalue weighted by molar-refractivity contribution is 5.73. The lowest BCUT2D eigenvalue weighted by Gasteiger charge is -2.15. The summed E-state index contributed by atoms with van der Waals surface area (Å²) in [5, 5.41) is 2.95. The molecule has 2 aliphatic carbocycles. The van der Waals surface area contributed by atoms with Crippen LogP contribution in [0.5, 0.6) is 0 Å². The summed E-state index contributed by atoms with van der Waals surface area (Å²) >= 11 is 0. The van der Waals surface area contributed by atoms with Crippen molar-refractivity contribution in [3.05, 3.63) is 102 Å². The molecule has 3 unspecified atom stereocenters. The zero-order valence-corrected chi connectivity index (χ0v) is 14.2. The van der Waals surface area contributed by atoms with Crippen LogP contribution in [0.2, 0.25) is 0 Å². The summed E-state index contributed by atoms with van der Waals surface area (Å²) < 4.78 is 0. The fraction of sp³-hybridized carbons (Fsp3) is 0.174. The molecular formula is C23H22N2. The van der Waals surface area contributed by atoms with Crippen molar-refractivity contribution >= 4 is 11.9 Å². The van der Waals surface area contributed by atoms with Gasteiger partial charge in [0, 0.05) is 0 Å². The van der Waals surface area contributed by atoms with Crippen LogP contribution in [-0.4, -0.2) is 6.34 Å². The second-order valence-corrected chi connectivity index (χ2v) is 6.60. The third-order valence-electron chi connectivity index (χ3n) is 4.96. The number of fused-ring (bicyclic) bond motifs is 1. The molecule has 0 radical (unpaired) electrons. The van der Waals surface area contributed by atoms with Crippen molar-refractivity contribution in [3.8, 4) is 0 Å². The number of nitrogens with zero attached hydrogens (tertiary/aromatic N) is 1. The topological polar surface area (TPSA) is 24.4 Å². The molecule has 2 aliphatic rings. The van der Waals surface area contributed by atoms with Crippen LogP contribution in [0.4, 0.5) is 0 Å². The Morgan fingerprint density at radius 1 is 1.04 bits per heavy atom. The minimum atomic E-state index is -0.0170. The summed E-state index contributed by atoms with van der Waals surface area (Å²) in [5.41, 5.74) is 5.18. The third-order valence-corrected chi connectivity index (χ3v) is 4.96. The lowest BCUT2D eigenvalue weighted by molar-refractivity contribution is 0.871. The van der Waals surface area contributed by atoms with Crippen LogP contribution in [-0.2, 0) is 0 Å². The number of aliphatic imine (C=N–C) groups is 1. The van der Waals surface area contributed by atoms with Gasteiger partial charge in [-0.2, -0.15) is 0 Å². The molecule has 0 spiro atoms. The number of hydrogen-bond donors (Lipinski definition) is 1. The summed E-state index contributed by atoms with van der Waals surface area (Å²) in [6.07, 6.45) is 11.4. The molecule has 4 rings (SSSR count). The molecule has 1 fully saturated rings. The first-order valence-electron chi connectivity index (χ1n) is 8.79. The lowest BCUT2D eigenvalue weighted by atomic mass is 9.93. The van der Waals surface area contributed by atoms with Crippen LogP contribution in [0.3, 0.4) is 0 Å². The largest absolute Gasteiger partial charge is 0.354 e. The van der Waals surface area contributed by atoms with Gasteiger partial charge in [0.2, 0.25) is 0 Å². The van der Waals surface area contributed by atoms with Crippen LogP contribution in [0.1, 0.15) is 29.2 Å². The van der Waals surface area contributed by atoms with Gasteiger partial charge in [-0.15, -0.1) is 0 Å². The van der Waals surface area contributed by atoms with Gasteiger partial charge in [-0.1, -0.05) is 79.4 Å². The maximum Gasteiger partial charge on any atom is 0.102 e. The van der Waals surface area contributed by atoms with Crippen molar-refractivity contribution in [1.29, 1.82) is 0 Å². The molecule has 0 heterocycles. The van der Waals surface area contributed by atoms with Gasteiger partial charge in [-0.25, -0.2) is 0 Å². The smallest absolute Gasteiger partial charge is 0.102 e. The first-order valence-corrected chi connectivity index (χ1v) is 8.79. The molecule has 2 nitrogen and oxygen atoms in total. The van der Waals surface area contributed by atoms with Gasteiger partial charge < -0.3 is 5.32 Å². The standard InChI is InChI=1S/C23H22N2/c1-2-24-16-25-23(18-7-4-3-5-8-18)19-13-11-17(12-14-19)21-10-6-9-20-15-22(20)21/h2-14,16,20,22-23H,1,15H2,(H,24,25). The predicted octanol–water partition coefficient (Wildman–Crippen LogP) is 5.13. The van der Waals surface area contributed by atoms with Crippen molar-refractivity contribution in [2.45, 2.75) is 12.5 Å². The monoisotopic (exact) mass is 326 g/mol. The molecule has 1 saturated carbocycles. The first-order chi connectivity index (χ1) is 12.4. The van der Waals surface area contributed by atoms with Gasteiger partial charge in [-0.05, 0) is 46.7 Å². The summed E-state index contributed by atoms with van der Waals surface area (Å²) in [6, 6.07) is 19.2. The van der Waals surface area contributed by atoms with Crippen molar-refractivity contribution in [3.63, 3.8) is 0 Å². The molecule has 3 atom stereocenters. The fourth-order valence-electron chi connectivity index (χ4n) is 3.55. The number of allylic oxidation sites excluding steroid dienone is 4. The van der Waals surface area contributed by atoms with E-state index in [2.05, 4.69) is 83.6 Å². The van der Waals surface area contributed by atoms with E-state index in [0.29, 0.717) is 0 Å². The van der Waals surface area contributed by atoms with Gasteiger partial charge in [0.25, 0.3) is 0 Å². The van der Waals surface area contributed by atoms with Gasteiger partial charge in [0.15, 0.2) is 0 Å². The Balaban J connectivity index is 1.62. The average Bonchev–Trinajstić information content (AvgIpc) is 3.46. The Bertz CT molecular complexity index is 828. The Labute approximate surface area is 149 Å². The molecule has 0 aromatic heterocycles. The minimum Gasteiger partial charge on any atom is -0.354 e. The Kier molecular flexibility index (Phi) is 4.34. The molecule has 124 valence electrons. The molecule has 2 aromatic rings. The maximum absolute atomic E-state index is 4.69. The number of nitrogens with one attached hydrogen (secondary N) is 1. The van der Waals surface area contributed by atoms with Crippen LogP contribution >= 0.6 is 0 Å². The molecule has 0 amide bonds. The summed E-state index contributed by atoms with van der Waals surface area (Å²) in [6.45, 7) is 3.66. The molecule has 25 heavy (non-hydrogen) atoms. The third kappa shape index (κ3) is 3.34. The van der Waals surface area contributed by atoms with E-state index in [-0.39, 0.29) is 6.04 Å². The minimum absolute atomic E-state index is 0.0170. The van der Waals surface area contributed by atoms with E-state index in [0.717, 1.165) is 11.8 Å². The first kappa shape index (κ1) is 15.6. The number of hydrogen-bond acceptors (Lipinski definition) is 1. The van der Waals surface area contributed by atoms with E-state index in [1.165, 1.54) is 28.7 Å². The van der Waals surface area contributed by atoms with E-state index in [9.17, 15) is 0 Å². The lowest BCUT2D eigenvalue weighted by Crippen LogP contribution is -2.05. The van der Waals surface area contributed by atoms with Crippen molar-refractivity contribution in [2.24, 2.45) is 16.8 Å². The molecular weight excluding hydrogens is 304 g/mol. The van der Waals surface area contributed by atoms with E-state index >= 15 is 0 Å². The van der Waals surface area contributed by atoms with Crippen molar-refractivity contribution < 1.29 is 0 Å². The Hall–Kier alpha value is -2.87. The molecule has 0 aliphatic heterocycles. The van der Waals surface area contributed by atoms with Gasteiger partial charge >= 0.3 is 0 Å². The van der Waals surface area contributed by atoms with Crippen LogP contribution in [0.25, 0.3) is 5.57 Å². The van der Waals surface area contributed by atoms with Crippen molar-refractivity contribution in [2.75, 3.05) is 0 Å². The summed E-state index contributed by atoms with van der Waals surface area (Å²) in [4.78, 5) is 4.69. The molecule has 2 aromatic carbocycles. The Morgan fingerprint density at radius 2 is 1.80 bits per heavy atom. The Morgan fingerprint density at radius 3 is 2.56 bits per heavy atom. The molecule has 1 N–H and O–H groups in total. The van der Waals surface area contributed by atoms with E-state index in [1.54, 1.807) is 12.5 Å². The zero-order chi connectivity index (χ0) is 17.1. The molecule has 0 saturated heterocycles. The highest BCUT2D eigenvalue weighted by Crippen LogP contribution is 2.51. The van der Waals surface area contributed by atoms with E-state index in [1.807, 2.05) is 6.07 Å². The second kappa shape index (κ2) is 6.94. The van der Waals surface area contributed by atoms with Crippen LogP contribution < -0.4 is 5.32 Å². The number of rotatable bonds is 6. The predicted molar refractivity (Wildman–Crippen MR) is 105 cm³/mol. The molecule has 0 bridgehead atoms. The quantitative estimate of drug-likeness (QED) is 0.578. The number of benzene rings is 2. The van der Waals surface area contributed by atoms with E-state index in [4.69, 9.17) is 0 Å². The normalized spacial score (nSPS) is 22.2. The summed E-state index contributed by atoms with van der Waals surface area (Å²) in [5.74, 6) is 1.50. The van der Waals surface area contributed by atoms with Gasteiger partial charge in [0.05, 0.1) is 6.34 Å². The second-order valence-electron chi connectivity index (χ2n) is 6.60. The highest BCUT2D eigenvalue weighted by Gasteiger charge is 2.39. The zero-order valence-electron chi connectivity index (χ0n) is 14.2. The summed E-state index contributed by atoms with van der Waals surface area (Å²) in [7, 11) is 0. The SMILES string of the molecule is C=CNC=NC(c1ccccc1)c1ccc(C2=CC=CC3CC23)cc1. The van der Waals surface area contributed by atoms with Crippen molar-refractivity contribution in [1.82, 2.24) is 5.32 Å². The van der Waals surface area contributed by atoms with Crippen LogP contribution in [0.15, 0.2) is 90.6 Å². The average molecular weight is 326 g/mol. The van der Waals surface area contributed by atoms with Gasteiger partial charge in [0.1, 0.15) is 6.04 Å². The van der Waals surface area contributed by atoms with Gasteiger partial charge in [-0.3, -0.25) is 4.99 Å². The maximum atomic E-state index is 4.69. The van der Waals surface area contributed by atoms with E-state index < -0.39 is 0 Å². The highest BCUT2D eigenvalue weighted by atomic mass is 14.9. The van der Waals surface area contributed by atoms with Crippen LogP contribution in [0, 0.1) is 11.8 Å². The molecule has 2 heteroatoms. The fourth-order valence-corrected chi connectivity index (χ4v) is 3.55.